The van der Waals surface area contributed by atoms with E-state index in [9.17, 15) is 0 Å². The summed E-state index contributed by atoms with van der Waals surface area (Å²) in [6.45, 7) is 4.52. The Labute approximate surface area is 61.9 Å². The second-order valence-corrected chi connectivity index (χ2v) is 2.61. The van der Waals surface area contributed by atoms with Gasteiger partial charge in [0.15, 0.2) is 0 Å². The van der Waals surface area contributed by atoms with Gasteiger partial charge in [-0.15, -0.1) is 0 Å². The van der Waals surface area contributed by atoms with Gasteiger partial charge >= 0.3 is 0 Å². The first-order chi connectivity index (χ1) is 4.74. The second kappa shape index (κ2) is 2.84. The Morgan fingerprint density at radius 3 is 2.50 bits per heavy atom. The van der Waals surface area contributed by atoms with Crippen LogP contribution in [0.25, 0.3) is 0 Å². The summed E-state index contributed by atoms with van der Waals surface area (Å²) in [6, 6.07) is 6.19. The molecular weight excluding hydrogens is 122 g/mol. The van der Waals surface area contributed by atoms with E-state index in [1.54, 1.807) is 0 Å². The summed E-state index contributed by atoms with van der Waals surface area (Å²) in [7, 11) is 0. The third-order valence-corrected chi connectivity index (χ3v) is 1.69. The van der Waals surface area contributed by atoms with Crippen molar-refractivity contribution in [2.24, 2.45) is 0 Å². The van der Waals surface area contributed by atoms with Crippen LogP contribution in [0.1, 0.15) is 16.7 Å². The molecule has 0 saturated heterocycles. The first-order valence-corrected chi connectivity index (χ1v) is 3.45. The molecule has 0 aromatic heterocycles. The molecule has 0 aliphatic carbocycles. The van der Waals surface area contributed by atoms with Crippen LogP contribution in [-0.4, -0.2) is 0 Å². The number of hydrogen-bond acceptors (Lipinski definition) is 0. The van der Waals surface area contributed by atoms with Crippen LogP contribution in [0.4, 0.5) is 0 Å². The summed E-state index contributed by atoms with van der Waals surface area (Å²) in [5.41, 5.74) is 10.8. The minimum atomic E-state index is 0.395. The van der Waals surface area contributed by atoms with Crippen LogP contribution < -0.4 is 5.73 Å². The fraction of sp³-hybridized carbons (Fsp3) is 0.333. The summed E-state index contributed by atoms with van der Waals surface area (Å²) in [4.78, 5) is 0. The molecule has 53 valence electrons. The molecule has 1 N–H and O–H groups in total. The fourth-order valence-corrected chi connectivity index (χ4v) is 1.04. The largest absolute Gasteiger partial charge is 0.253 e. The zero-order valence-electron chi connectivity index (χ0n) is 6.44. The van der Waals surface area contributed by atoms with Crippen LogP contribution in [-0.2, 0) is 6.54 Å². The van der Waals surface area contributed by atoms with Crippen LogP contribution in [0.5, 0.6) is 0 Å². The van der Waals surface area contributed by atoms with E-state index in [2.05, 4.69) is 26.0 Å². The molecule has 0 aliphatic rings. The van der Waals surface area contributed by atoms with Crippen molar-refractivity contribution >= 4 is 0 Å². The summed E-state index contributed by atoms with van der Waals surface area (Å²) in [6.07, 6.45) is 0. The Hall–Kier alpha value is -0.820. The topological polar surface area (TPSA) is 23.8 Å². The summed E-state index contributed by atoms with van der Waals surface area (Å²) < 4.78 is 0. The maximum atomic E-state index is 7.16. The molecule has 0 heterocycles. The van der Waals surface area contributed by atoms with Gasteiger partial charge in [-0.3, -0.25) is 5.73 Å². The number of hydrogen-bond donors (Lipinski definition) is 0. The van der Waals surface area contributed by atoms with Crippen LogP contribution in [0.2, 0.25) is 0 Å². The van der Waals surface area contributed by atoms with Crippen molar-refractivity contribution < 1.29 is 0 Å². The monoisotopic (exact) mass is 134 g/mol. The molecule has 0 fully saturated rings. The van der Waals surface area contributed by atoms with Crippen LogP contribution in [0.15, 0.2) is 18.2 Å². The Balaban J connectivity index is 3.07. The number of rotatable bonds is 1. The molecule has 1 aromatic carbocycles. The van der Waals surface area contributed by atoms with E-state index in [0.29, 0.717) is 6.54 Å². The zero-order chi connectivity index (χ0) is 7.56. The highest BCUT2D eigenvalue weighted by molar-refractivity contribution is 5.29. The predicted molar refractivity (Wildman–Crippen MR) is 42.7 cm³/mol. The molecule has 1 radical (unpaired) electrons. The van der Waals surface area contributed by atoms with Crippen LogP contribution in [0.3, 0.4) is 0 Å². The highest BCUT2D eigenvalue weighted by Crippen LogP contribution is 2.09. The number of aryl methyl sites for hydroxylation is 2. The zero-order valence-corrected chi connectivity index (χ0v) is 6.44. The van der Waals surface area contributed by atoms with Gasteiger partial charge in [0, 0.05) is 6.54 Å². The molecule has 1 rings (SSSR count). The second-order valence-electron chi connectivity index (χ2n) is 2.61. The van der Waals surface area contributed by atoms with Crippen molar-refractivity contribution in [2.75, 3.05) is 0 Å². The van der Waals surface area contributed by atoms with E-state index in [1.807, 2.05) is 6.07 Å². The third kappa shape index (κ3) is 1.36. The van der Waals surface area contributed by atoms with Gasteiger partial charge in [0.25, 0.3) is 0 Å². The summed E-state index contributed by atoms with van der Waals surface area (Å²) in [5, 5.41) is 0. The molecule has 1 aromatic rings. The predicted octanol–water partition coefficient (Wildman–Crippen LogP) is 2.09. The average Bonchev–Trinajstić information content (AvgIpc) is 1.88. The van der Waals surface area contributed by atoms with Gasteiger partial charge in [0.1, 0.15) is 0 Å². The Morgan fingerprint density at radius 2 is 2.00 bits per heavy atom. The maximum absolute atomic E-state index is 7.16. The van der Waals surface area contributed by atoms with E-state index in [0.717, 1.165) is 5.56 Å². The Morgan fingerprint density at radius 1 is 1.30 bits per heavy atom. The lowest BCUT2D eigenvalue weighted by atomic mass is 10.1. The SMILES string of the molecule is Cc1ccc(C[NH])c(C)c1. The molecule has 10 heavy (non-hydrogen) atoms. The Kier molecular flexibility index (Phi) is 2.07. The molecular formula is C9H12N. The van der Waals surface area contributed by atoms with Crippen molar-refractivity contribution in [1.82, 2.24) is 5.73 Å². The molecule has 0 atom stereocenters. The maximum Gasteiger partial charge on any atom is 0.0353 e. The Bertz CT molecular complexity index is 228. The molecule has 1 nitrogen and oxygen atoms in total. The number of benzene rings is 1. The van der Waals surface area contributed by atoms with E-state index < -0.39 is 0 Å². The van der Waals surface area contributed by atoms with E-state index in [-0.39, 0.29) is 0 Å². The fourth-order valence-electron chi connectivity index (χ4n) is 1.04. The van der Waals surface area contributed by atoms with Crippen molar-refractivity contribution in [3.63, 3.8) is 0 Å². The van der Waals surface area contributed by atoms with Gasteiger partial charge in [-0.25, -0.2) is 0 Å². The molecule has 0 spiro atoms. The molecule has 0 saturated carbocycles. The lowest BCUT2D eigenvalue weighted by molar-refractivity contribution is 1.01. The smallest absolute Gasteiger partial charge is 0.0353 e. The van der Waals surface area contributed by atoms with Gasteiger partial charge in [0.05, 0.1) is 0 Å². The summed E-state index contributed by atoms with van der Waals surface area (Å²) in [5.74, 6) is 0. The summed E-state index contributed by atoms with van der Waals surface area (Å²) >= 11 is 0. The van der Waals surface area contributed by atoms with Crippen molar-refractivity contribution in [1.29, 1.82) is 0 Å². The lowest BCUT2D eigenvalue weighted by Gasteiger charge is -2.01. The quantitative estimate of drug-likeness (QED) is 0.561. The first-order valence-electron chi connectivity index (χ1n) is 3.45. The highest BCUT2D eigenvalue weighted by Gasteiger charge is 1.93. The van der Waals surface area contributed by atoms with Crippen LogP contribution >= 0.6 is 0 Å². The van der Waals surface area contributed by atoms with Crippen molar-refractivity contribution in [2.45, 2.75) is 20.4 Å². The molecule has 0 amide bonds. The molecule has 1 heteroatoms. The standard InChI is InChI=1S/C9H12N/c1-7-3-4-9(6-10)8(2)5-7/h3-5,10H,6H2,1-2H3. The third-order valence-electron chi connectivity index (χ3n) is 1.69. The van der Waals surface area contributed by atoms with Gasteiger partial charge < -0.3 is 0 Å². The molecule has 0 bridgehead atoms. The minimum Gasteiger partial charge on any atom is -0.253 e. The van der Waals surface area contributed by atoms with Crippen molar-refractivity contribution in [3.8, 4) is 0 Å². The highest BCUT2D eigenvalue weighted by atomic mass is 14.5. The first kappa shape index (κ1) is 7.29. The number of nitrogens with one attached hydrogen (secondary N) is 1. The van der Waals surface area contributed by atoms with E-state index in [4.69, 9.17) is 5.73 Å². The molecule has 0 aliphatic heterocycles. The molecule has 0 unspecified atom stereocenters. The van der Waals surface area contributed by atoms with E-state index >= 15 is 0 Å². The van der Waals surface area contributed by atoms with Gasteiger partial charge in [0.2, 0.25) is 0 Å². The normalized spacial score (nSPS) is 9.90. The van der Waals surface area contributed by atoms with Gasteiger partial charge in [-0.1, -0.05) is 23.8 Å². The van der Waals surface area contributed by atoms with Crippen LogP contribution in [0, 0.1) is 13.8 Å². The van der Waals surface area contributed by atoms with Gasteiger partial charge in [-0.05, 0) is 25.0 Å². The lowest BCUT2D eigenvalue weighted by Crippen LogP contribution is -1.89. The van der Waals surface area contributed by atoms with Gasteiger partial charge in [-0.2, -0.15) is 0 Å². The average molecular weight is 134 g/mol. The minimum absolute atomic E-state index is 0.395. The van der Waals surface area contributed by atoms with Crippen molar-refractivity contribution in [3.05, 3.63) is 34.9 Å². The van der Waals surface area contributed by atoms with E-state index in [1.165, 1.54) is 11.1 Å².